The van der Waals surface area contributed by atoms with E-state index in [0.717, 1.165) is 29.0 Å². The van der Waals surface area contributed by atoms with Crippen LogP contribution in [0, 0.1) is 6.92 Å². The van der Waals surface area contributed by atoms with Crippen molar-refractivity contribution >= 4 is 33.2 Å². The average molecular weight is 569 g/mol. The molecule has 0 aromatic heterocycles. The molecule has 11 heteroatoms. The van der Waals surface area contributed by atoms with Crippen LogP contribution in [0.5, 0.6) is 5.75 Å². The standard InChI is InChI=1S/C27H28ClF3N2O4S/c1-3-37-22-11-8-20(9-12-22)5-4-16-32-26(34)18-33(38(35,36)23-13-6-19(2)7-14-23)21-10-15-25(28)24(17-21)27(29,30)31/h6-15,17H,3-5,16,18H2,1-2H3,(H,32,34). The smallest absolute Gasteiger partial charge is 0.417 e. The zero-order chi connectivity index (χ0) is 27.9. The summed E-state index contributed by atoms with van der Waals surface area (Å²) >= 11 is 5.73. The molecule has 6 nitrogen and oxygen atoms in total. The first kappa shape index (κ1) is 29.3. The minimum Gasteiger partial charge on any atom is -0.494 e. The van der Waals surface area contributed by atoms with E-state index in [-0.39, 0.29) is 17.1 Å². The van der Waals surface area contributed by atoms with E-state index in [2.05, 4.69) is 5.32 Å². The summed E-state index contributed by atoms with van der Waals surface area (Å²) < 4.78 is 73.4. The molecule has 0 saturated heterocycles. The van der Waals surface area contributed by atoms with Crippen molar-refractivity contribution in [3.8, 4) is 5.75 Å². The molecule has 38 heavy (non-hydrogen) atoms. The second-order valence-electron chi connectivity index (χ2n) is 8.52. The second kappa shape index (κ2) is 12.5. The molecule has 3 aromatic rings. The van der Waals surface area contributed by atoms with Crippen LogP contribution in [0.3, 0.4) is 0 Å². The average Bonchev–Trinajstić information content (AvgIpc) is 2.86. The van der Waals surface area contributed by atoms with Gasteiger partial charge in [0.2, 0.25) is 5.91 Å². The van der Waals surface area contributed by atoms with Crippen molar-refractivity contribution in [1.29, 1.82) is 0 Å². The number of amides is 1. The number of carbonyl (C=O) groups is 1. The lowest BCUT2D eigenvalue weighted by atomic mass is 10.1. The van der Waals surface area contributed by atoms with Crippen LogP contribution in [0.1, 0.15) is 30.0 Å². The molecule has 1 amide bonds. The summed E-state index contributed by atoms with van der Waals surface area (Å²) in [6.07, 6.45) is -3.58. The van der Waals surface area contributed by atoms with Crippen LogP contribution in [0.15, 0.2) is 71.6 Å². The highest BCUT2D eigenvalue weighted by molar-refractivity contribution is 7.92. The van der Waals surface area contributed by atoms with Gasteiger partial charge in [0.15, 0.2) is 0 Å². The first-order valence-electron chi connectivity index (χ1n) is 11.9. The quantitative estimate of drug-likeness (QED) is 0.287. The van der Waals surface area contributed by atoms with Crippen molar-refractivity contribution in [2.24, 2.45) is 0 Å². The Bertz CT molecular complexity index is 1350. The lowest BCUT2D eigenvalue weighted by molar-refractivity contribution is -0.137. The third kappa shape index (κ3) is 7.64. The topological polar surface area (TPSA) is 75.7 Å². The Labute approximate surface area is 225 Å². The molecule has 0 unspecified atom stereocenters. The van der Waals surface area contributed by atoms with Crippen LogP contribution >= 0.6 is 11.6 Å². The molecule has 0 aliphatic carbocycles. The van der Waals surface area contributed by atoms with Crippen molar-refractivity contribution in [3.63, 3.8) is 0 Å². The van der Waals surface area contributed by atoms with Gasteiger partial charge in [0.05, 0.1) is 27.8 Å². The number of nitrogens with one attached hydrogen (secondary N) is 1. The van der Waals surface area contributed by atoms with Crippen LogP contribution in [-0.2, 0) is 27.4 Å². The minimum atomic E-state index is -4.81. The van der Waals surface area contributed by atoms with E-state index in [0.29, 0.717) is 29.8 Å². The van der Waals surface area contributed by atoms with E-state index >= 15 is 0 Å². The number of aryl methyl sites for hydroxylation is 2. The number of benzene rings is 3. The summed E-state index contributed by atoms with van der Waals surface area (Å²) in [7, 11) is -4.37. The van der Waals surface area contributed by atoms with Crippen LogP contribution < -0.4 is 14.4 Å². The molecule has 0 aliphatic heterocycles. The van der Waals surface area contributed by atoms with E-state index in [9.17, 15) is 26.4 Å². The number of hydrogen-bond acceptors (Lipinski definition) is 4. The molecule has 0 heterocycles. The predicted molar refractivity (Wildman–Crippen MR) is 141 cm³/mol. The fourth-order valence-corrected chi connectivity index (χ4v) is 5.30. The maximum absolute atomic E-state index is 13.5. The van der Waals surface area contributed by atoms with Crippen molar-refractivity contribution in [1.82, 2.24) is 5.32 Å². The zero-order valence-corrected chi connectivity index (χ0v) is 22.5. The van der Waals surface area contributed by atoms with Gasteiger partial charge < -0.3 is 10.1 Å². The fourth-order valence-electron chi connectivity index (χ4n) is 3.66. The minimum absolute atomic E-state index is 0.157. The highest BCUT2D eigenvalue weighted by Gasteiger charge is 2.35. The van der Waals surface area contributed by atoms with Gasteiger partial charge in [-0.3, -0.25) is 9.10 Å². The Morgan fingerprint density at radius 2 is 1.68 bits per heavy atom. The van der Waals surface area contributed by atoms with Crippen molar-refractivity contribution in [2.75, 3.05) is 24.0 Å². The Morgan fingerprint density at radius 3 is 2.29 bits per heavy atom. The number of nitrogens with zero attached hydrogens (tertiary/aromatic N) is 1. The number of halogens is 4. The summed E-state index contributed by atoms with van der Waals surface area (Å²) in [5.41, 5.74) is 0.308. The van der Waals surface area contributed by atoms with Gasteiger partial charge in [0.1, 0.15) is 12.3 Å². The number of carbonyl (C=O) groups excluding carboxylic acids is 1. The van der Waals surface area contributed by atoms with Gasteiger partial charge in [-0.05, 0) is 74.7 Å². The van der Waals surface area contributed by atoms with Gasteiger partial charge in [0.25, 0.3) is 10.0 Å². The summed E-state index contributed by atoms with van der Waals surface area (Å²) in [6.45, 7) is 3.77. The molecule has 0 aliphatic rings. The highest BCUT2D eigenvalue weighted by Crippen LogP contribution is 2.38. The maximum Gasteiger partial charge on any atom is 0.417 e. The van der Waals surface area contributed by atoms with Gasteiger partial charge in [-0.25, -0.2) is 8.42 Å². The number of rotatable bonds is 11. The maximum atomic E-state index is 13.5. The molecule has 1 N–H and O–H groups in total. The number of ether oxygens (including phenoxy) is 1. The highest BCUT2D eigenvalue weighted by atomic mass is 35.5. The normalized spacial score (nSPS) is 11.7. The third-order valence-electron chi connectivity index (χ3n) is 5.64. The lowest BCUT2D eigenvalue weighted by Crippen LogP contribution is -2.41. The first-order chi connectivity index (χ1) is 17.9. The van der Waals surface area contributed by atoms with Gasteiger partial charge in [-0.1, -0.05) is 41.4 Å². The molecular weight excluding hydrogens is 541 g/mol. The number of alkyl halides is 3. The van der Waals surface area contributed by atoms with Gasteiger partial charge in [-0.15, -0.1) is 0 Å². The number of sulfonamides is 1. The van der Waals surface area contributed by atoms with Gasteiger partial charge >= 0.3 is 6.18 Å². The fraction of sp³-hybridized carbons (Fsp3) is 0.296. The van der Waals surface area contributed by atoms with E-state index in [1.807, 2.05) is 31.2 Å². The number of anilines is 1. The van der Waals surface area contributed by atoms with Crippen molar-refractivity contribution in [3.05, 3.63) is 88.4 Å². The monoisotopic (exact) mass is 568 g/mol. The van der Waals surface area contributed by atoms with Gasteiger partial charge in [0, 0.05) is 6.54 Å². The summed E-state index contributed by atoms with van der Waals surface area (Å²) in [6, 6.07) is 16.1. The van der Waals surface area contributed by atoms with E-state index < -0.39 is 39.2 Å². The summed E-state index contributed by atoms with van der Waals surface area (Å²) in [5, 5.41) is 2.08. The SMILES string of the molecule is CCOc1ccc(CCCNC(=O)CN(c2ccc(Cl)c(C(F)(F)F)c2)S(=O)(=O)c2ccc(C)cc2)cc1. The number of hydrogen-bond donors (Lipinski definition) is 1. The summed E-state index contributed by atoms with van der Waals surface area (Å²) in [4.78, 5) is 12.6. The van der Waals surface area contributed by atoms with E-state index in [1.165, 1.54) is 12.1 Å². The van der Waals surface area contributed by atoms with Crippen LogP contribution in [-0.4, -0.2) is 34.0 Å². The third-order valence-corrected chi connectivity index (χ3v) is 7.76. The molecule has 0 fully saturated rings. The Morgan fingerprint density at radius 1 is 1.03 bits per heavy atom. The summed E-state index contributed by atoms with van der Waals surface area (Å²) in [5.74, 6) is 0.103. The molecule has 204 valence electrons. The van der Waals surface area contributed by atoms with Crippen molar-refractivity contribution in [2.45, 2.75) is 37.8 Å². The van der Waals surface area contributed by atoms with E-state index in [1.54, 1.807) is 19.1 Å². The molecule has 0 bridgehead atoms. The molecule has 0 atom stereocenters. The molecule has 3 aromatic carbocycles. The predicted octanol–water partition coefficient (Wildman–Crippen LogP) is 6.01. The Kier molecular flexibility index (Phi) is 9.67. The molecule has 0 saturated carbocycles. The largest absolute Gasteiger partial charge is 0.494 e. The molecular formula is C27H28ClF3N2O4S. The van der Waals surface area contributed by atoms with E-state index in [4.69, 9.17) is 16.3 Å². The second-order valence-corrected chi connectivity index (χ2v) is 10.8. The molecule has 3 rings (SSSR count). The van der Waals surface area contributed by atoms with Gasteiger partial charge in [-0.2, -0.15) is 13.2 Å². The Hall–Kier alpha value is -3.24. The first-order valence-corrected chi connectivity index (χ1v) is 13.7. The Balaban J connectivity index is 1.76. The zero-order valence-electron chi connectivity index (χ0n) is 20.9. The molecule has 0 spiro atoms. The lowest BCUT2D eigenvalue weighted by Gasteiger charge is -2.25. The van der Waals surface area contributed by atoms with Crippen LogP contribution in [0.4, 0.5) is 18.9 Å². The van der Waals surface area contributed by atoms with Crippen LogP contribution in [0.25, 0.3) is 0 Å². The van der Waals surface area contributed by atoms with Crippen LogP contribution in [0.2, 0.25) is 5.02 Å². The molecule has 0 radical (unpaired) electrons. The van der Waals surface area contributed by atoms with Crippen molar-refractivity contribution < 1.29 is 31.1 Å².